The Morgan fingerprint density at radius 1 is 1.42 bits per heavy atom. The van der Waals surface area contributed by atoms with Crippen LogP contribution in [-0.2, 0) is 16.0 Å². The molecule has 19 heavy (non-hydrogen) atoms. The van der Waals surface area contributed by atoms with Crippen molar-refractivity contribution in [2.75, 3.05) is 24.6 Å². The predicted molar refractivity (Wildman–Crippen MR) is 70.0 cm³/mol. The van der Waals surface area contributed by atoms with Crippen molar-refractivity contribution in [3.8, 4) is 0 Å². The summed E-state index contributed by atoms with van der Waals surface area (Å²) < 4.78 is 4.80. The molecule has 0 saturated carbocycles. The van der Waals surface area contributed by atoms with Gasteiger partial charge in [-0.1, -0.05) is 18.2 Å². The molecule has 1 atom stereocenters. The Labute approximate surface area is 111 Å². The highest BCUT2D eigenvalue weighted by molar-refractivity contribution is 5.95. The van der Waals surface area contributed by atoms with Gasteiger partial charge in [-0.05, 0) is 25.0 Å². The van der Waals surface area contributed by atoms with E-state index in [9.17, 15) is 9.59 Å². The van der Waals surface area contributed by atoms with Crippen LogP contribution in [0.15, 0.2) is 24.3 Å². The third-order valence-corrected chi connectivity index (χ3v) is 3.72. The first-order chi connectivity index (χ1) is 9.16. The normalized spacial score (nSPS) is 21.5. The number of cyclic esters (lactones) is 1. The number of para-hydroxylation sites is 1. The van der Waals surface area contributed by atoms with Gasteiger partial charge in [-0.25, -0.2) is 9.69 Å². The highest BCUT2D eigenvalue weighted by atomic mass is 16.6. The van der Waals surface area contributed by atoms with Gasteiger partial charge >= 0.3 is 6.09 Å². The molecule has 100 valence electrons. The smallest absolute Gasteiger partial charge is 0.416 e. The number of hydrogen-bond donors (Lipinski definition) is 0. The van der Waals surface area contributed by atoms with Crippen LogP contribution >= 0.6 is 0 Å². The molecule has 2 aliphatic rings. The van der Waals surface area contributed by atoms with E-state index in [4.69, 9.17) is 4.74 Å². The topological polar surface area (TPSA) is 49.9 Å². The first-order valence-corrected chi connectivity index (χ1v) is 6.48. The van der Waals surface area contributed by atoms with Crippen molar-refractivity contribution in [1.29, 1.82) is 0 Å². The minimum Gasteiger partial charge on any atom is -0.447 e. The molecule has 0 unspecified atom stereocenters. The Hall–Kier alpha value is -2.04. The number of carbonyl (C=O) groups excluding carboxylic acids is 2. The fourth-order valence-electron chi connectivity index (χ4n) is 2.72. The van der Waals surface area contributed by atoms with E-state index in [1.807, 2.05) is 18.2 Å². The quantitative estimate of drug-likeness (QED) is 0.807. The van der Waals surface area contributed by atoms with Gasteiger partial charge in [-0.2, -0.15) is 0 Å². The van der Waals surface area contributed by atoms with Crippen LogP contribution in [0.5, 0.6) is 0 Å². The average molecular weight is 260 g/mol. The zero-order valence-electron chi connectivity index (χ0n) is 10.8. The molecular formula is C14H16N2O3. The summed E-state index contributed by atoms with van der Waals surface area (Å²) in [4.78, 5) is 26.8. The number of imide groups is 1. The van der Waals surface area contributed by atoms with Gasteiger partial charge in [0, 0.05) is 11.7 Å². The largest absolute Gasteiger partial charge is 0.447 e. The summed E-state index contributed by atoms with van der Waals surface area (Å²) in [6.07, 6.45) is 0.415. The standard InChI is InChI=1S/C14H16N2O3/c1-10-8-11-4-2-3-5-12(11)16(10)9-13(17)15-6-7-19-14(15)18/h2-5,10H,6-9H2,1H3/t10-/m0/s1. The first-order valence-electron chi connectivity index (χ1n) is 6.48. The van der Waals surface area contributed by atoms with Crippen molar-refractivity contribution in [3.63, 3.8) is 0 Å². The third kappa shape index (κ3) is 2.05. The van der Waals surface area contributed by atoms with Gasteiger partial charge in [0.05, 0.1) is 13.1 Å². The van der Waals surface area contributed by atoms with E-state index in [-0.39, 0.29) is 18.5 Å². The lowest BCUT2D eigenvalue weighted by molar-refractivity contribution is -0.126. The van der Waals surface area contributed by atoms with Crippen molar-refractivity contribution in [3.05, 3.63) is 29.8 Å². The highest BCUT2D eigenvalue weighted by Crippen LogP contribution is 2.31. The van der Waals surface area contributed by atoms with Crippen molar-refractivity contribution in [1.82, 2.24) is 4.90 Å². The molecule has 0 aliphatic carbocycles. The number of benzene rings is 1. The maximum absolute atomic E-state index is 12.2. The number of fused-ring (bicyclic) bond motifs is 1. The fourth-order valence-corrected chi connectivity index (χ4v) is 2.72. The minimum absolute atomic E-state index is 0.189. The molecule has 0 bridgehead atoms. The number of ether oxygens (including phenoxy) is 1. The maximum atomic E-state index is 12.2. The van der Waals surface area contributed by atoms with E-state index in [2.05, 4.69) is 17.9 Å². The summed E-state index contributed by atoms with van der Waals surface area (Å²) in [5.74, 6) is -0.189. The summed E-state index contributed by atoms with van der Waals surface area (Å²) in [5.41, 5.74) is 2.35. The van der Waals surface area contributed by atoms with Crippen molar-refractivity contribution >= 4 is 17.7 Å². The van der Waals surface area contributed by atoms with Crippen molar-refractivity contribution in [2.24, 2.45) is 0 Å². The molecule has 2 amide bonds. The molecule has 1 fully saturated rings. The summed E-state index contributed by atoms with van der Waals surface area (Å²) in [6, 6.07) is 8.36. The van der Waals surface area contributed by atoms with Crippen molar-refractivity contribution < 1.29 is 14.3 Å². The predicted octanol–water partition coefficient (Wildman–Crippen LogP) is 1.42. The molecule has 0 N–H and O–H groups in total. The number of anilines is 1. The number of amides is 2. The van der Waals surface area contributed by atoms with Crippen LogP contribution in [0, 0.1) is 0 Å². The van der Waals surface area contributed by atoms with Gasteiger partial charge < -0.3 is 9.64 Å². The molecule has 1 saturated heterocycles. The van der Waals surface area contributed by atoms with Crippen LogP contribution in [0.25, 0.3) is 0 Å². The second-order valence-corrected chi connectivity index (χ2v) is 4.97. The van der Waals surface area contributed by atoms with Gasteiger partial charge in [0.25, 0.3) is 5.91 Å². The zero-order chi connectivity index (χ0) is 13.4. The van der Waals surface area contributed by atoms with Crippen LogP contribution < -0.4 is 4.90 Å². The molecule has 3 rings (SSSR count). The second kappa shape index (κ2) is 4.57. The molecule has 2 heterocycles. The summed E-state index contributed by atoms with van der Waals surface area (Å²) >= 11 is 0. The number of hydrogen-bond acceptors (Lipinski definition) is 4. The van der Waals surface area contributed by atoms with Crippen LogP contribution in [-0.4, -0.2) is 42.6 Å². The van der Waals surface area contributed by atoms with Crippen LogP contribution in [0.4, 0.5) is 10.5 Å². The van der Waals surface area contributed by atoms with Crippen LogP contribution in [0.1, 0.15) is 12.5 Å². The lowest BCUT2D eigenvalue weighted by Gasteiger charge is -2.25. The number of nitrogens with zero attached hydrogens (tertiary/aromatic N) is 2. The van der Waals surface area contributed by atoms with Gasteiger partial charge in [0.2, 0.25) is 0 Å². The molecule has 5 nitrogen and oxygen atoms in total. The molecule has 0 aromatic heterocycles. The highest BCUT2D eigenvalue weighted by Gasteiger charge is 2.33. The SMILES string of the molecule is C[C@H]1Cc2ccccc2N1CC(=O)N1CCOC1=O. The average Bonchev–Trinajstić information content (AvgIpc) is 2.94. The molecule has 0 spiro atoms. The maximum Gasteiger partial charge on any atom is 0.416 e. The Morgan fingerprint density at radius 2 is 2.21 bits per heavy atom. The molecule has 2 aliphatic heterocycles. The molecular weight excluding hydrogens is 244 g/mol. The van der Waals surface area contributed by atoms with E-state index < -0.39 is 6.09 Å². The van der Waals surface area contributed by atoms with E-state index in [0.717, 1.165) is 12.1 Å². The Bertz CT molecular complexity index is 529. The lowest BCUT2D eigenvalue weighted by atomic mass is 10.1. The fraction of sp³-hybridized carbons (Fsp3) is 0.429. The zero-order valence-corrected chi connectivity index (χ0v) is 10.8. The van der Waals surface area contributed by atoms with E-state index in [0.29, 0.717) is 13.2 Å². The number of carbonyl (C=O) groups is 2. The third-order valence-electron chi connectivity index (χ3n) is 3.72. The van der Waals surface area contributed by atoms with Gasteiger partial charge in [0.1, 0.15) is 6.61 Å². The molecule has 1 aromatic rings. The van der Waals surface area contributed by atoms with Crippen LogP contribution in [0.2, 0.25) is 0 Å². The van der Waals surface area contributed by atoms with E-state index in [1.165, 1.54) is 10.5 Å². The second-order valence-electron chi connectivity index (χ2n) is 4.97. The van der Waals surface area contributed by atoms with Crippen molar-refractivity contribution in [2.45, 2.75) is 19.4 Å². The Balaban J connectivity index is 1.76. The molecule has 5 heteroatoms. The summed E-state index contributed by atoms with van der Waals surface area (Å²) in [7, 11) is 0. The van der Waals surface area contributed by atoms with Gasteiger partial charge in [-0.15, -0.1) is 0 Å². The first kappa shape index (κ1) is 12.0. The van der Waals surface area contributed by atoms with Gasteiger partial charge in [0.15, 0.2) is 0 Å². The lowest BCUT2D eigenvalue weighted by Crippen LogP contribution is -2.42. The van der Waals surface area contributed by atoms with Gasteiger partial charge in [-0.3, -0.25) is 4.79 Å². The Morgan fingerprint density at radius 3 is 2.95 bits per heavy atom. The minimum atomic E-state index is -0.523. The monoisotopic (exact) mass is 260 g/mol. The van der Waals surface area contributed by atoms with Crippen LogP contribution in [0.3, 0.4) is 0 Å². The van der Waals surface area contributed by atoms with E-state index >= 15 is 0 Å². The molecule has 0 radical (unpaired) electrons. The number of rotatable bonds is 2. The Kier molecular flexibility index (Phi) is 2.89. The summed E-state index contributed by atoms with van der Waals surface area (Å²) in [5, 5.41) is 0. The van der Waals surface area contributed by atoms with E-state index in [1.54, 1.807) is 0 Å². The summed E-state index contributed by atoms with van der Waals surface area (Å²) in [6.45, 7) is 2.99. The molecule has 1 aromatic carbocycles.